The second kappa shape index (κ2) is 2.66. The predicted molar refractivity (Wildman–Crippen MR) is 48.6 cm³/mol. The summed E-state index contributed by atoms with van der Waals surface area (Å²) >= 11 is 0. The zero-order valence-corrected chi connectivity index (χ0v) is 6.98. The Morgan fingerprint density at radius 3 is 2.64 bits per heavy atom. The van der Waals surface area contributed by atoms with Crippen molar-refractivity contribution in [2.75, 3.05) is 0 Å². The van der Waals surface area contributed by atoms with Crippen molar-refractivity contribution < 1.29 is 20.1 Å². The Hall–Kier alpha value is -2.17. The molecule has 0 radical (unpaired) electrons. The molecule has 1 aromatic heterocycles. The summed E-state index contributed by atoms with van der Waals surface area (Å²) in [4.78, 5) is 13.2. The summed E-state index contributed by atoms with van der Waals surface area (Å²) in [6.45, 7) is 0. The number of carboxylic acid groups (broad SMARTS) is 1. The van der Waals surface area contributed by atoms with Crippen LogP contribution in [0.5, 0.6) is 11.5 Å². The fourth-order valence-corrected chi connectivity index (χ4v) is 1.29. The minimum Gasteiger partial charge on any atom is -0.504 e. The van der Waals surface area contributed by atoms with Crippen molar-refractivity contribution in [1.29, 1.82) is 0 Å². The van der Waals surface area contributed by atoms with Crippen molar-refractivity contribution in [2.24, 2.45) is 0 Å². The van der Waals surface area contributed by atoms with Crippen molar-refractivity contribution in [3.05, 3.63) is 23.9 Å². The van der Waals surface area contributed by atoms with E-state index in [0.29, 0.717) is 10.9 Å². The van der Waals surface area contributed by atoms with E-state index >= 15 is 0 Å². The molecule has 5 heteroatoms. The minimum absolute atomic E-state index is 0.0269. The lowest BCUT2D eigenvalue weighted by Crippen LogP contribution is -1.94. The summed E-state index contributed by atoms with van der Waals surface area (Å²) in [7, 11) is 0. The lowest BCUT2D eigenvalue weighted by atomic mass is 10.2. The molecule has 0 atom stereocenters. The molecule has 5 nitrogen and oxygen atoms in total. The van der Waals surface area contributed by atoms with Gasteiger partial charge in [0.15, 0.2) is 11.5 Å². The van der Waals surface area contributed by atoms with Crippen LogP contribution < -0.4 is 0 Å². The normalized spacial score (nSPS) is 10.6. The zero-order valence-electron chi connectivity index (χ0n) is 6.98. The van der Waals surface area contributed by atoms with Gasteiger partial charge in [0.2, 0.25) is 0 Å². The Morgan fingerprint density at radius 1 is 1.29 bits per heavy atom. The maximum Gasteiger partial charge on any atom is 0.352 e. The molecule has 0 saturated heterocycles. The number of H-pyrrole nitrogens is 1. The van der Waals surface area contributed by atoms with E-state index in [4.69, 9.17) is 10.2 Å². The summed E-state index contributed by atoms with van der Waals surface area (Å²) in [6.07, 6.45) is 0. The van der Waals surface area contributed by atoms with Crippen molar-refractivity contribution in [3.8, 4) is 11.5 Å². The number of hydrogen-bond acceptors (Lipinski definition) is 3. The third-order valence-corrected chi connectivity index (χ3v) is 1.98. The highest BCUT2D eigenvalue weighted by Gasteiger charge is 2.11. The van der Waals surface area contributed by atoms with Gasteiger partial charge in [-0.05, 0) is 18.2 Å². The average molecular weight is 193 g/mol. The van der Waals surface area contributed by atoms with Gasteiger partial charge in [0.1, 0.15) is 5.69 Å². The van der Waals surface area contributed by atoms with Crippen LogP contribution in [0.3, 0.4) is 0 Å². The second-order valence-electron chi connectivity index (χ2n) is 2.88. The molecule has 0 unspecified atom stereocenters. The SMILES string of the molecule is O=C(O)c1cc2c(O)c(O)ccc2[nH]1. The number of carboxylic acids is 1. The second-order valence-corrected chi connectivity index (χ2v) is 2.88. The summed E-state index contributed by atoms with van der Waals surface area (Å²) in [5.74, 6) is -1.69. The molecular formula is C9H7NO4. The first kappa shape index (κ1) is 8.43. The van der Waals surface area contributed by atoms with Gasteiger partial charge in [-0.3, -0.25) is 0 Å². The van der Waals surface area contributed by atoms with E-state index in [2.05, 4.69) is 4.98 Å². The van der Waals surface area contributed by atoms with Gasteiger partial charge in [0.25, 0.3) is 0 Å². The van der Waals surface area contributed by atoms with Gasteiger partial charge in [-0.15, -0.1) is 0 Å². The number of hydrogen-bond donors (Lipinski definition) is 4. The number of phenolic OH excluding ortho intramolecular Hbond substituents is 2. The predicted octanol–water partition coefficient (Wildman–Crippen LogP) is 1.28. The monoisotopic (exact) mass is 193 g/mol. The number of nitrogens with one attached hydrogen (secondary N) is 1. The molecule has 0 aliphatic carbocycles. The molecule has 72 valence electrons. The average Bonchev–Trinajstić information content (AvgIpc) is 2.56. The number of fused-ring (bicyclic) bond motifs is 1. The lowest BCUT2D eigenvalue weighted by Gasteiger charge is -1.96. The number of carbonyl (C=O) groups is 1. The van der Waals surface area contributed by atoms with Gasteiger partial charge in [-0.25, -0.2) is 4.79 Å². The summed E-state index contributed by atoms with van der Waals surface area (Å²) in [6, 6.07) is 4.06. The van der Waals surface area contributed by atoms with Crippen LogP contribution in [0.25, 0.3) is 10.9 Å². The van der Waals surface area contributed by atoms with Crippen LogP contribution in [0.1, 0.15) is 10.5 Å². The van der Waals surface area contributed by atoms with Gasteiger partial charge in [0, 0.05) is 5.39 Å². The Bertz CT molecular complexity index is 515. The largest absolute Gasteiger partial charge is 0.504 e. The summed E-state index contributed by atoms with van der Waals surface area (Å²) in [5.41, 5.74) is 0.443. The molecule has 0 aliphatic rings. The van der Waals surface area contributed by atoms with Crippen LogP contribution in [-0.2, 0) is 0 Å². The van der Waals surface area contributed by atoms with Crippen LogP contribution in [0.4, 0.5) is 0 Å². The van der Waals surface area contributed by atoms with Gasteiger partial charge < -0.3 is 20.3 Å². The van der Waals surface area contributed by atoms with E-state index in [-0.39, 0.29) is 17.2 Å². The first-order chi connectivity index (χ1) is 6.59. The third kappa shape index (κ3) is 1.06. The number of aromatic carboxylic acids is 1. The lowest BCUT2D eigenvalue weighted by molar-refractivity contribution is 0.0691. The number of aromatic hydroxyl groups is 2. The molecule has 0 amide bonds. The van der Waals surface area contributed by atoms with Gasteiger partial charge in [-0.2, -0.15) is 0 Å². The van der Waals surface area contributed by atoms with Crippen LogP contribution in [0.15, 0.2) is 18.2 Å². The highest BCUT2D eigenvalue weighted by atomic mass is 16.4. The number of aromatic nitrogens is 1. The van der Waals surface area contributed by atoms with E-state index < -0.39 is 5.97 Å². The summed E-state index contributed by atoms with van der Waals surface area (Å²) in [5, 5.41) is 27.5. The molecule has 14 heavy (non-hydrogen) atoms. The van der Waals surface area contributed by atoms with E-state index in [1.807, 2.05) is 0 Å². The van der Waals surface area contributed by atoms with Crippen LogP contribution >= 0.6 is 0 Å². The van der Waals surface area contributed by atoms with Gasteiger partial charge in [-0.1, -0.05) is 0 Å². The zero-order chi connectivity index (χ0) is 10.3. The molecule has 2 rings (SSSR count). The maximum absolute atomic E-state index is 10.6. The van der Waals surface area contributed by atoms with Gasteiger partial charge >= 0.3 is 5.97 Å². The molecule has 0 bridgehead atoms. The van der Waals surface area contributed by atoms with E-state index in [9.17, 15) is 9.90 Å². The quantitative estimate of drug-likeness (QED) is 0.513. The Morgan fingerprint density at radius 2 is 2.00 bits per heavy atom. The highest BCUT2D eigenvalue weighted by Crippen LogP contribution is 2.33. The first-order valence-electron chi connectivity index (χ1n) is 3.86. The van der Waals surface area contributed by atoms with Crippen molar-refractivity contribution in [3.63, 3.8) is 0 Å². The fraction of sp³-hybridized carbons (Fsp3) is 0. The van der Waals surface area contributed by atoms with E-state index in [1.54, 1.807) is 0 Å². The minimum atomic E-state index is -1.11. The molecule has 1 aromatic carbocycles. The Kier molecular flexibility index (Phi) is 1.60. The van der Waals surface area contributed by atoms with Crippen molar-refractivity contribution in [2.45, 2.75) is 0 Å². The Balaban J connectivity index is 2.77. The molecule has 4 N–H and O–H groups in total. The molecule has 0 spiro atoms. The fourth-order valence-electron chi connectivity index (χ4n) is 1.29. The maximum atomic E-state index is 10.6. The molecule has 2 aromatic rings. The first-order valence-corrected chi connectivity index (χ1v) is 3.86. The van der Waals surface area contributed by atoms with E-state index in [1.165, 1.54) is 18.2 Å². The number of phenols is 2. The van der Waals surface area contributed by atoms with Crippen LogP contribution in [0, 0.1) is 0 Å². The molecule has 0 aliphatic heterocycles. The number of aromatic amines is 1. The topological polar surface area (TPSA) is 93.6 Å². The van der Waals surface area contributed by atoms with Crippen LogP contribution in [0.2, 0.25) is 0 Å². The Labute approximate surface area is 78.2 Å². The number of benzene rings is 1. The van der Waals surface area contributed by atoms with Crippen molar-refractivity contribution >= 4 is 16.9 Å². The molecule has 0 fully saturated rings. The van der Waals surface area contributed by atoms with Crippen molar-refractivity contribution in [1.82, 2.24) is 4.98 Å². The molecular weight excluding hydrogens is 186 g/mol. The third-order valence-electron chi connectivity index (χ3n) is 1.98. The standard InChI is InChI=1S/C9H7NO4/c11-7-2-1-5-4(8(7)12)3-6(10-5)9(13)14/h1-3,10-12H,(H,13,14). The smallest absolute Gasteiger partial charge is 0.352 e. The molecule has 0 saturated carbocycles. The molecule has 1 heterocycles. The summed E-state index contributed by atoms with van der Waals surface area (Å²) < 4.78 is 0. The highest BCUT2D eigenvalue weighted by molar-refractivity contribution is 5.97. The number of rotatable bonds is 1. The van der Waals surface area contributed by atoms with E-state index in [0.717, 1.165) is 0 Å². The van der Waals surface area contributed by atoms with Crippen LogP contribution in [-0.4, -0.2) is 26.3 Å². The van der Waals surface area contributed by atoms with Gasteiger partial charge in [0.05, 0.1) is 5.52 Å².